The van der Waals surface area contributed by atoms with Gasteiger partial charge in [-0.3, -0.25) is 9.59 Å². The summed E-state index contributed by atoms with van der Waals surface area (Å²) in [6, 6.07) is 0. The molecule has 0 heterocycles. The van der Waals surface area contributed by atoms with E-state index >= 15 is 0 Å². The van der Waals surface area contributed by atoms with Gasteiger partial charge in [-0.15, -0.1) is 0 Å². The van der Waals surface area contributed by atoms with Crippen LogP contribution in [0.2, 0.25) is 0 Å². The highest BCUT2D eigenvalue weighted by Crippen LogP contribution is 2.05. The van der Waals surface area contributed by atoms with Crippen LogP contribution in [0, 0.1) is 0 Å². The van der Waals surface area contributed by atoms with Gasteiger partial charge in [-0.05, 0) is 12.8 Å². The lowest BCUT2D eigenvalue weighted by atomic mass is 10.1. The van der Waals surface area contributed by atoms with Gasteiger partial charge in [0.1, 0.15) is 0 Å². The molecule has 0 radical (unpaired) electrons. The Morgan fingerprint density at radius 3 is 1.35 bits per heavy atom. The van der Waals surface area contributed by atoms with E-state index in [1.165, 1.54) is 13.8 Å². The maximum Gasteiger partial charge on any atom is 0.304 e. The first-order valence-electron chi connectivity index (χ1n) is 7.05. The highest BCUT2D eigenvalue weighted by Gasteiger charge is 1.95. The number of ether oxygens (including phenoxy) is 4. The van der Waals surface area contributed by atoms with Crippen LogP contribution in [0.15, 0.2) is 0 Å². The summed E-state index contributed by atoms with van der Waals surface area (Å²) in [5, 5.41) is 0. The molecule has 0 rings (SSSR count). The van der Waals surface area contributed by atoms with E-state index in [2.05, 4.69) is 9.47 Å². The zero-order chi connectivity index (χ0) is 15.1. The second-order valence-corrected chi connectivity index (χ2v) is 4.45. The molecule has 0 aromatic carbocycles. The average Bonchev–Trinajstić information content (AvgIpc) is 2.38. The van der Waals surface area contributed by atoms with Crippen molar-refractivity contribution in [3.8, 4) is 0 Å². The molecule has 0 amide bonds. The smallest absolute Gasteiger partial charge is 0.304 e. The van der Waals surface area contributed by atoms with Crippen molar-refractivity contribution in [3.63, 3.8) is 0 Å². The number of hydrogen-bond donors (Lipinski definition) is 0. The molecule has 0 N–H and O–H groups in total. The Bertz CT molecular complexity index is 228. The predicted molar refractivity (Wildman–Crippen MR) is 72.9 cm³/mol. The molecule has 6 nitrogen and oxygen atoms in total. The third-order valence-corrected chi connectivity index (χ3v) is 2.52. The maximum atomic E-state index is 10.4. The van der Waals surface area contributed by atoms with Crippen LogP contribution in [0.3, 0.4) is 0 Å². The summed E-state index contributed by atoms with van der Waals surface area (Å²) in [5.41, 5.74) is 0. The van der Waals surface area contributed by atoms with E-state index in [-0.39, 0.29) is 25.5 Å². The third kappa shape index (κ3) is 16.9. The van der Waals surface area contributed by atoms with Crippen molar-refractivity contribution in [1.29, 1.82) is 0 Å². The molecule has 0 aliphatic rings. The lowest BCUT2D eigenvalue weighted by Crippen LogP contribution is -2.05. The zero-order valence-corrected chi connectivity index (χ0v) is 12.5. The molecule has 0 aliphatic heterocycles. The lowest BCUT2D eigenvalue weighted by Gasteiger charge is -2.05. The lowest BCUT2D eigenvalue weighted by molar-refractivity contribution is -0.154. The number of unbranched alkanes of at least 4 members (excludes halogenated alkanes) is 5. The second kappa shape index (κ2) is 14.3. The van der Waals surface area contributed by atoms with Gasteiger partial charge in [-0.1, -0.05) is 25.7 Å². The molecule has 0 unspecified atom stereocenters. The monoisotopic (exact) mass is 290 g/mol. The molecular formula is C14H26O6. The van der Waals surface area contributed by atoms with Gasteiger partial charge < -0.3 is 18.9 Å². The van der Waals surface area contributed by atoms with Gasteiger partial charge >= 0.3 is 11.9 Å². The first-order valence-corrected chi connectivity index (χ1v) is 7.05. The molecular weight excluding hydrogens is 264 g/mol. The maximum absolute atomic E-state index is 10.4. The molecule has 118 valence electrons. The predicted octanol–water partition coefficient (Wildman–Crippen LogP) is 2.40. The van der Waals surface area contributed by atoms with Gasteiger partial charge in [-0.2, -0.15) is 0 Å². The van der Waals surface area contributed by atoms with Crippen LogP contribution >= 0.6 is 0 Å². The van der Waals surface area contributed by atoms with Crippen LogP contribution < -0.4 is 0 Å². The Balaban J connectivity index is 2.99. The van der Waals surface area contributed by atoms with Crippen molar-refractivity contribution in [2.75, 3.05) is 26.8 Å². The Hall–Kier alpha value is -1.14. The van der Waals surface area contributed by atoms with Crippen molar-refractivity contribution >= 4 is 11.9 Å². The van der Waals surface area contributed by atoms with Crippen LogP contribution in [0.4, 0.5) is 0 Å². The number of hydrogen-bond acceptors (Lipinski definition) is 6. The van der Waals surface area contributed by atoms with E-state index in [1.807, 2.05) is 0 Å². The van der Waals surface area contributed by atoms with E-state index in [9.17, 15) is 9.59 Å². The van der Waals surface area contributed by atoms with E-state index < -0.39 is 0 Å². The fourth-order valence-electron chi connectivity index (χ4n) is 1.48. The Morgan fingerprint density at radius 1 is 0.650 bits per heavy atom. The summed E-state index contributed by atoms with van der Waals surface area (Å²) in [4.78, 5) is 20.9. The van der Waals surface area contributed by atoms with E-state index in [4.69, 9.17) is 9.47 Å². The molecule has 0 spiro atoms. The Kier molecular flexibility index (Phi) is 13.5. The highest BCUT2D eigenvalue weighted by atomic mass is 16.7. The molecule has 0 aromatic rings. The van der Waals surface area contributed by atoms with Crippen molar-refractivity contribution < 1.29 is 28.5 Å². The number of esters is 2. The van der Waals surface area contributed by atoms with Gasteiger partial charge in [0.2, 0.25) is 0 Å². The normalized spacial score (nSPS) is 10.3. The molecule has 0 aromatic heterocycles. The minimum absolute atomic E-state index is 0.0506. The number of carbonyl (C=O) groups is 2. The Labute approximate surface area is 120 Å². The van der Waals surface area contributed by atoms with Crippen molar-refractivity contribution in [2.45, 2.75) is 52.4 Å². The fourth-order valence-corrected chi connectivity index (χ4v) is 1.48. The van der Waals surface area contributed by atoms with Gasteiger partial charge in [0.15, 0.2) is 13.6 Å². The van der Waals surface area contributed by atoms with Crippen molar-refractivity contribution in [2.24, 2.45) is 0 Å². The average molecular weight is 290 g/mol. The summed E-state index contributed by atoms with van der Waals surface area (Å²) in [6.45, 7) is 4.07. The van der Waals surface area contributed by atoms with E-state index in [1.54, 1.807) is 0 Å². The van der Waals surface area contributed by atoms with Crippen molar-refractivity contribution in [1.82, 2.24) is 0 Å². The van der Waals surface area contributed by atoms with Crippen LogP contribution in [-0.4, -0.2) is 38.7 Å². The summed E-state index contributed by atoms with van der Waals surface area (Å²) in [6.07, 6.45) is 6.47. The van der Waals surface area contributed by atoms with Gasteiger partial charge in [0.25, 0.3) is 0 Å². The first kappa shape index (κ1) is 18.9. The molecule has 0 fully saturated rings. The largest absolute Gasteiger partial charge is 0.439 e. The molecule has 0 saturated heterocycles. The molecule has 6 heteroatoms. The van der Waals surface area contributed by atoms with Crippen LogP contribution in [0.25, 0.3) is 0 Å². The Morgan fingerprint density at radius 2 is 1.00 bits per heavy atom. The third-order valence-electron chi connectivity index (χ3n) is 2.52. The zero-order valence-electron chi connectivity index (χ0n) is 12.5. The van der Waals surface area contributed by atoms with E-state index in [0.29, 0.717) is 13.2 Å². The summed E-state index contributed by atoms with van der Waals surface area (Å²) < 4.78 is 19.5. The second-order valence-electron chi connectivity index (χ2n) is 4.45. The molecule has 0 atom stereocenters. The van der Waals surface area contributed by atoms with Crippen LogP contribution in [0.5, 0.6) is 0 Å². The minimum atomic E-state index is -0.319. The molecule has 0 bridgehead atoms. The molecule has 20 heavy (non-hydrogen) atoms. The van der Waals surface area contributed by atoms with Crippen LogP contribution in [-0.2, 0) is 28.5 Å². The van der Waals surface area contributed by atoms with Crippen LogP contribution in [0.1, 0.15) is 52.4 Å². The van der Waals surface area contributed by atoms with Gasteiger partial charge in [0, 0.05) is 13.8 Å². The first-order chi connectivity index (χ1) is 9.63. The SMILES string of the molecule is CC(=O)OCOCCCCCCCCOCOC(C)=O. The summed E-state index contributed by atoms with van der Waals surface area (Å²) >= 11 is 0. The summed E-state index contributed by atoms with van der Waals surface area (Å²) in [7, 11) is 0. The molecule has 0 saturated carbocycles. The quantitative estimate of drug-likeness (QED) is 0.295. The summed E-state index contributed by atoms with van der Waals surface area (Å²) in [5.74, 6) is -0.637. The standard InChI is InChI=1S/C14H26O6/c1-13(15)19-11-17-9-7-5-3-4-6-8-10-18-12-20-14(2)16/h3-12H2,1-2H3. The van der Waals surface area contributed by atoms with Crippen molar-refractivity contribution in [3.05, 3.63) is 0 Å². The topological polar surface area (TPSA) is 71.1 Å². The van der Waals surface area contributed by atoms with Gasteiger partial charge in [-0.25, -0.2) is 0 Å². The minimum Gasteiger partial charge on any atom is -0.439 e. The molecule has 0 aliphatic carbocycles. The van der Waals surface area contributed by atoms with Gasteiger partial charge in [0.05, 0.1) is 13.2 Å². The van der Waals surface area contributed by atoms with E-state index in [0.717, 1.165) is 38.5 Å². The highest BCUT2D eigenvalue weighted by molar-refractivity contribution is 5.66. The fraction of sp³-hybridized carbons (Fsp3) is 0.857. The number of rotatable bonds is 13. The number of carbonyl (C=O) groups excluding carboxylic acids is 2.